The lowest BCUT2D eigenvalue weighted by molar-refractivity contribution is 0.388. The molecule has 1 aromatic carbocycles. The van der Waals surface area contributed by atoms with Gasteiger partial charge in [0.2, 0.25) is 0 Å². The molecular formula is C13H20BrN. The maximum atomic E-state index is 3.48. The van der Waals surface area contributed by atoms with Crippen LogP contribution >= 0.6 is 15.9 Å². The highest BCUT2D eigenvalue weighted by Gasteiger charge is 2.09. The molecule has 2 heteroatoms. The maximum absolute atomic E-state index is 3.48. The number of alkyl halides is 1. The van der Waals surface area contributed by atoms with Crippen LogP contribution in [0.15, 0.2) is 6.07 Å². The SMILES string of the molecule is Cc1cc(C)c(C)c(CN(C)CBr)c1C. The zero-order valence-electron chi connectivity index (χ0n) is 10.3. The number of aryl methyl sites for hydroxylation is 2. The van der Waals surface area contributed by atoms with E-state index in [2.05, 4.69) is 61.6 Å². The molecule has 0 fully saturated rings. The zero-order valence-corrected chi connectivity index (χ0v) is 11.9. The van der Waals surface area contributed by atoms with Gasteiger partial charge in [-0.1, -0.05) is 22.0 Å². The lowest BCUT2D eigenvalue weighted by atomic mass is 9.94. The highest BCUT2D eigenvalue weighted by atomic mass is 79.9. The van der Waals surface area contributed by atoms with Crippen molar-refractivity contribution in [2.45, 2.75) is 34.2 Å². The van der Waals surface area contributed by atoms with E-state index in [4.69, 9.17) is 0 Å². The lowest BCUT2D eigenvalue weighted by Gasteiger charge is -2.20. The first kappa shape index (κ1) is 12.7. The molecule has 0 aromatic heterocycles. The first-order valence-corrected chi connectivity index (χ1v) is 6.40. The number of hydrogen-bond acceptors (Lipinski definition) is 1. The van der Waals surface area contributed by atoms with Gasteiger partial charge in [-0.25, -0.2) is 0 Å². The standard InChI is InChI=1S/C13H20BrN/c1-9-6-10(2)12(4)13(11(9)3)7-15(5)8-14/h6H,7-8H2,1-5H3. The predicted octanol–water partition coefficient (Wildman–Crippen LogP) is 3.70. The fourth-order valence-electron chi connectivity index (χ4n) is 1.85. The maximum Gasteiger partial charge on any atom is 0.0542 e. The second-order valence-electron chi connectivity index (χ2n) is 4.37. The van der Waals surface area contributed by atoms with Crippen molar-refractivity contribution in [3.63, 3.8) is 0 Å². The van der Waals surface area contributed by atoms with Crippen molar-refractivity contribution in [3.8, 4) is 0 Å². The van der Waals surface area contributed by atoms with E-state index in [1.54, 1.807) is 0 Å². The topological polar surface area (TPSA) is 3.24 Å². The van der Waals surface area contributed by atoms with E-state index in [1.165, 1.54) is 27.8 Å². The van der Waals surface area contributed by atoms with Gasteiger partial charge in [0, 0.05) is 6.54 Å². The third-order valence-corrected chi connectivity index (χ3v) is 4.01. The monoisotopic (exact) mass is 269 g/mol. The van der Waals surface area contributed by atoms with Crippen molar-refractivity contribution in [2.24, 2.45) is 0 Å². The Morgan fingerprint density at radius 3 is 1.93 bits per heavy atom. The van der Waals surface area contributed by atoms with Gasteiger partial charge in [0.25, 0.3) is 0 Å². The van der Waals surface area contributed by atoms with E-state index in [0.29, 0.717) is 0 Å². The lowest BCUT2D eigenvalue weighted by Crippen LogP contribution is -2.17. The molecule has 1 rings (SSSR count). The summed E-state index contributed by atoms with van der Waals surface area (Å²) in [7, 11) is 2.13. The van der Waals surface area contributed by atoms with Crippen LogP contribution in [0.25, 0.3) is 0 Å². The Bertz CT molecular complexity index is 332. The Morgan fingerprint density at radius 1 is 1.07 bits per heavy atom. The van der Waals surface area contributed by atoms with Gasteiger partial charge >= 0.3 is 0 Å². The molecule has 15 heavy (non-hydrogen) atoms. The zero-order chi connectivity index (χ0) is 11.6. The molecule has 84 valence electrons. The molecule has 0 atom stereocenters. The van der Waals surface area contributed by atoms with Crippen LogP contribution in [0, 0.1) is 27.7 Å². The summed E-state index contributed by atoms with van der Waals surface area (Å²) in [5, 5.41) is 0. The molecule has 0 aliphatic rings. The van der Waals surface area contributed by atoms with E-state index < -0.39 is 0 Å². The van der Waals surface area contributed by atoms with Crippen molar-refractivity contribution >= 4 is 15.9 Å². The van der Waals surface area contributed by atoms with Gasteiger partial charge in [-0.05, 0) is 62.6 Å². The average molecular weight is 270 g/mol. The second kappa shape index (κ2) is 5.13. The minimum Gasteiger partial charge on any atom is -0.292 e. The number of rotatable bonds is 3. The largest absolute Gasteiger partial charge is 0.292 e. The van der Waals surface area contributed by atoms with Crippen LogP contribution in [-0.2, 0) is 6.54 Å². The Hall–Kier alpha value is -0.340. The van der Waals surface area contributed by atoms with E-state index in [9.17, 15) is 0 Å². The molecule has 0 amide bonds. The minimum atomic E-state index is 0.916. The summed E-state index contributed by atoms with van der Waals surface area (Å²) in [5.41, 5.74) is 8.07. The van der Waals surface area contributed by atoms with Gasteiger partial charge in [0.1, 0.15) is 0 Å². The summed E-state index contributed by atoms with van der Waals surface area (Å²) in [6, 6.07) is 2.28. The van der Waals surface area contributed by atoms with E-state index in [0.717, 1.165) is 12.0 Å². The molecule has 0 aliphatic carbocycles. The molecule has 0 saturated heterocycles. The van der Waals surface area contributed by atoms with Crippen molar-refractivity contribution in [1.82, 2.24) is 4.90 Å². The summed E-state index contributed by atoms with van der Waals surface area (Å²) < 4.78 is 0. The van der Waals surface area contributed by atoms with E-state index in [1.807, 2.05) is 0 Å². The fraction of sp³-hybridized carbons (Fsp3) is 0.538. The molecule has 1 aromatic rings. The van der Waals surface area contributed by atoms with Crippen molar-refractivity contribution in [2.75, 3.05) is 12.5 Å². The predicted molar refractivity (Wildman–Crippen MR) is 70.7 cm³/mol. The highest BCUT2D eigenvalue weighted by Crippen LogP contribution is 2.22. The summed E-state index contributed by atoms with van der Waals surface area (Å²) in [6.45, 7) is 9.85. The molecule has 0 saturated carbocycles. The van der Waals surface area contributed by atoms with Gasteiger partial charge < -0.3 is 0 Å². The van der Waals surface area contributed by atoms with Crippen molar-refractivity contribution < 1.29 is 0 Å². The van der Waals surface area contributed by atoms with Gasteiger partial charge in [0.15, 0.2) is 0 Å². The molecule has 0 unspecified atom stereocenters. The smallest absolute Gasteiger partial charge is 0.0542 e. The molecule has 1 nitrogen and oxygen atoms in total. The molecule has 0 bridgehead atoms. The molecule has 0 heterocycles. The van der Waals surface area contributed by atoms with Gasteiger partial charge in [-0.15, -0.1) is 0 Å². The first-order valence-electron chi connectivity index (χ1n) is 5.28. The van der Waals surface area contributed by atoms with Crippen LogP contribution in [0.2, 0.25) is 0 Å². The fourth-order valence-corrected chi connectivity index (χ4v) is 2.03. The Balaban J connectivity index is 3.15. The summed E-state index contributed by atoms with van der Waals surface area (Å²) in [6.07, 6.45) is 0. The minimum absolute atomic E-state index is 0.916. The van der Waals surface area contributed by atoms with Crippen LogP contribution in [-0.4, -0.2) is 17.4 Å². The number of benzene rings is 1. The quantitative estimate of drug-likeness (QED) is 0.598. The molecular weight excluding hydrogens is 250 g/mol. The molecule has 0 N–H and O–H groups in total. The Morgan fingerprint density at radius 2 is 1.53 bits per heavy atom. The second-order valence-corrected chi connectivity index (χ2v) is 4.87. The molecule has 0 aliphatic heterocycles. The van der Waals surface area contributed by atoms with Crippen LogP contribution in [0.3, 0.4) is 0 Å². The molecule has 0 radical (unpaired) electrons. The van der Waals surface area contributed by atoms with Crippen LogP contribution in [0.5, 0.6) is 0 Å². The first-order chi connectivity index (χ1) is 6.97. The third-order valence-electron chi connectivity index (χ3n) is 3.15. The van der Waals surface area contributed by atoms with Gasteiger partial charge in [-0.3, -0.25) is 4.90 Å². The van der Waals surface area contributed by atoms with Gasteiger partial charge in [-0.2, -0.15) is 0 Å². The van der Waals surface area contributed by atoms with Crippen molar-refractivity contribution in [1.29, 1.82) is 0 Å². The average Bonchev–Trinajstić information content (AvgIpc) is 2.21. The van der Waals surface area contributed by atoms with Crippen molar-refractivity contribution in [3.05, 3.63) is 33.9 Å². The summed E-state index contributed by atoms with van der Waals surface area (Å²) in [4.78, 5) is 2.27. The highest BCUT2D eigenvalue weighted by molar-refractivity contribution is 9.09. The number of nitrogens with zero attached hydrogens (tertiary/aromatic N) is 1. The number of halogens is 1. The Kier molecular flexibility index (Phi) is 4.35. The van der Waals surface area contributed by atoms with E-state index in [-0.39, 0.29) is 0 Å². The van der Waals surface area contributed by atoms with Crippen LogP contribution in [0.4, 0.5) is 0 Å². The summed E-state index contributed by atoms with van der Waals surface area (Å²) in [5.74, 6) is 0. The van der Waals surface area contributed by atoms with Crippen LogP contribution in [0.1, 0.15) is 27.8 Å². The van der Waals surface area contributed by atoms with E-state index >= 15 is 0 Å². The third kappa shape index (κ3) is 2.82. The normalized spacial score (nSPS) is 11.1. The summed E-state index contributed by atoms with van der Waals surface area (Å²) >= 11 is 3.48. The van der Waals surface area contributed by atoms with Crippen LogP contribution < -0.4 is 0 Å². The van der Waals surface area contributed by atoms with Gasteiger partial charge in [0.05, 0.1) is 5.45 Å². The number of hydrogen-bond donors (Lipinski definition) is 0. The molecule has 0 spiro atoms. The Labute approximate surface area is 102 Å².